The zero-order valence-corrected chi connectivity index (χ0v) is 14.1. The van der Waals surface area contributed by atoms with Gasteiger partial charge in [0, 0.05) is 19.2 Å². The minimum Gasteiger partial charge on any atom is -0.497 e. The molecule has 1 atom stereocenters. The summed E-state index contributed by atoms with van der Waals surface area (Å²) in [6.45, 7) is 1.90. The van der Waals surface area contributed by atoms with Gasteiger partial charge in [-0.3, -0.25) is 0 Å². The summed E-state index contributed by atoms with van der Waals surface area (Å²) in [7, 11) is 1.29. The van der Waals surface area contributed by atoms with E-state index in [-0.39, 0.29) is 4.90 Å². The Balaban J connectivity index is 2.33. The van der Waals surface area contributed by atoms with E-state index in [2.05, 4.69) is 5.32 Å². The van der Waals surface area contributed by atoms with Gasteiger partial charge in [-0.15, -0.1) is 0 Å². The lowest BCUT2D eigenvalue weighted by Crippen LogP contribution is -2.42. The Bertz CT molecular complexity index is 602. The van der Waals surface area contributed by atoms with E-state index in [0.29, 0.717) is 30.5 Å². The summed E-state index contributed by atoms with van der Waals surface area (Å²) in [5.41, 5.74) is 0. The first kappa shape index (κ1) is 17.1. The fourth-order valence-corrected chi connectivity index (χ4v) is 4.55. The molecule has 1 aliphatic rings. The summed E-state index contributed by atoms with van der Waals surface area (Å²) >= 11 is 0. The molecule has 1 aliphatic heterocycles. The van der Waals surface area contributed by atoms with Crippen molar-refractivity contribution < 1.29 is 17.9 Å². The Morgan fingerprint density at radius 2 is 2.09 bits per heavy atom. The molecule has 0 aromatic heterocycles. The minimum atomic E-state index is -3.59. The van der Waals surface area contributed by atoms with Crippen LogP contribution in [0.4, 0.5) is 0 Å². The molecule has 1 heterocycles. The van der Waals surface area contributed by atoms with Gasteiger partial charge in [0.05, 0.1) is 14.2 Å². The largest absolute Gasteiger partial charge is 0.497 e. The van der Waals surface area contributed by atoms with Crippen LogP contribution in [0.1, 0.15) is 12.8 Å². The molecule has 0 saturated carbocycles. The maximum Gasteiger partial charge on any atom is 0.246 e. The second kappa shape index (κ2) is 7.30. The van der Waals surface area contributed by atoms with Crippen molar-refractivity contribution in [2.24, 2.45) is 5.92 Å². The Kier molecular flexibility index (Phi) is 5.66. The monoisotopic (exact) mass is 328 g/mol. The van der Waals surface area contributed by atoms with Crippen LogP contribution in [0.25, 0.3) is 0 Å². The van der Waals surface area contributed by atoms with Crippen molar-refractivity contribution in [1.29, 1.82) is 0 Å². The molecule has 1 fully saturated rings. The van der Waals surface area contributed by atoms with Crippen LogP contribution in [0.15, 0.2) is 23.1 Å². The zero-order chi connectivity index (χ0) is 16.2. The summed E-state index contributed by atoms with van der Waals surface area (Å²) in [6.07, 6.45) is 1.92. The van der Waals surface area contributed by atoms with Gasteiger partial charge in [-0.25, -0.2) is 8.42 Å². The minimum absolute atomic E-state index is 0.166. The summed E-state index contributed by atoms with van der Waals surface area (Å²) in [4.78, 5) is 0.166. The van der Waals surface area contributed by atoms with Crippen LogP contribution in [0.5, 0.6) is 11.5 Å². The number of hydrogen-bond donors (Lipinski definition) is 1. The Labute approximate surface area is 132 Å². The number of nitrogens with zero attached hydrogens (tertiary/aromatic N) is 1. The summed E-state index contributed by atoms with van der Waals surface area (Å²) in [6, 6.07) is 4.84. The highest BCUT2D eigenvalue weighted by molar-refractivity contribution is 7.89. The molecule has 1 unspecified atom stereocenters. The van der Waals surface area contributed by atoms with Gasteiger partial charge in [-0.05, 0) is 44.5 Å². The molecule has 1 N–H and O–H groups in total. The second-order valence-corrected chi connectivity index (χ2v) is 7.35. The molecule has 0 amide bonds. The molecule has 0 aliphatic carbocycles. The van der Waals surface area contributed by atoms with Crippen LogP contribution in [0, 0.1) is 5.92 Å². The lowest BCUT2D eigenvalue weighted by atomic mass is 10.00. The third-order valence-corrected chi connectivity index (χ3v) is 5.85. The number of hydrogen-bond acceptors (Lipinski definition) is 5. The molecule has 1 aromatic carbocycles. The Morgan fingerprint density at radius 1 is 1.32 bits per heavy atom. The lowest BCUT2D eigenvalue weighted by molar-refractivity contribution is 0.262. The van der Waals surface area contributed by atoms with Gasteiger partial charge in [0.1, 0.15) is 16.4 Å². The lowest BCUT2D eigenvalue weighted by Gasteiger charge is -2.32. The molecule has 124 valence electrons. The second-order valence-electron chi connectivity index (χ2n) is 5.45. The maximum absolute atomic E-state index is 13.0. The van der Waals surface area contributed by atoms with Crippen molar-refractivity contribution in [3.63, 3.8) is 0 Å². The van der Waals surface area contributed by atoms with Crippen LogP contribution < -0.4 is 14.8 Å². The fraction of sp³-hybridized carbons (Fsp3) is 0.600. The number of methoxy groups -OCH3 is 2. The van der Waals surface area contributed by atoms with E-state index in [1.54, 1.807) is 16.4 Å². The number of benzene rings is 1. The Morgan fingerprint density at radius 3 is 2.73 bits per heavy atom. The maximum atomic E-state index is 13.0. The predicted molar refractivity (Wildman–Crippen MR) is 85.0 cm³/mol. The van der Waals surface area contributed by atoms with Gasteiger partial charge in [0.25, 0.3) is 0 Å². The van der Waals surface area contributed by atoms with Gasteiger partial charge in [-0.1, -0.05) is 0 Å². The van der Waals surface area contributed by atoms with Gasteiger partial charge in [0.2, 0.25) is 10.0 Å². The predicted octanol–water partition coefficient (Wildman–Crippen LogP) is 1.32. The molecule has 0 spiro atoms. The van der Waals surface area contributed by atoms with E-state index in [1.165, 1.54) is 20.3 Å². The Hall–Kier alpha value is -1.31. The molecule has 2 rings (SSSR count). The molecule has 1 aromatic rings. The van der Waals surface area contributed by atoms with E-state index >= 15 is 0 Å². The van der Waals surface area contributed by atoms with Crippen LogP contribution in [-0.2, 0) is 10.0 Å². The van der Waals surface area contributed by atoms with Crippen LogP contribution in [0.3, 0.4) is 0 Å². The average molecular weight is 328 g/mol. The van der Waals surface area contributed by atoms with Crippen molar-refractivity contribution in [2.45, 2.75) is 17.7 Å². The molecule has 6 nitrogen and oxygen atoms in total. The van der Waals surface area contributed by atoms with Crippen molar-refractivity contribution in [2.75, 3.05) is 40.9 Å². The number of ether oxygens (including phenoxy) is 2. The smallest absolute Gasteiger partial charge is 0.246 e. The number of sulfonamides is 1. The quantitative estimate of drug-likeness (QED) is 0.853. The van der Waals surface area contributed by atoms with E-state index in [4.69, 9.17) is 9.47 Å². The van der Waals surface area contributed by atoms with E-state index in [1.807, 2.05) is 7.05 Å². The first-order valence-corrected chi connectivity index (χ1v) is 8.83. The van der Waals surface area contributed by atoms with Crippen LogP contribution in [-0.4, -0.2) is 53.6 Å². The van der Waals surface area contributed by atoms with Gasteiger partial charge < -0.3 is 14.8 Å². The fourth-order valence-electron chi connectivity index (χ4n) is 2.83. The highest BCUT2D eigenvalue weighted by Crippen LogP contribution is 2.32. The normalized spacial score (nSPS) is 19.9. The highest BCUT2D eigenvalue weighted by atomic mass is 32.2. The first-order chi connectivity index (χ1) is 10.5. The molecule has 0 radical (unpaired) electrons. The molecular formula is C15H24N2O4S. The molecule has 1 saturated heterocycles. The van der Waals surface area contributed by atoms with Crippen molar-refractivity contribution in [1.82, 2.24) is 9.62 Å². The van der Waals surface area contributed by atoms with Crippen molar-refractivity contribution in [3.05, 3.63) is 18.2 Å². The van der Waals surface area contributed by atoms with Crippen LogP contribution >= 0.6 is 0 Å². The molecule has 7 heteroatoms. The molecular weight excluding hydrogens is 304 g/mol. The number of nitrogens with one attached hydrogen (secondary N) is 1. The third-order valence-electron chi connectivity index (χ3n) is 3.96. The van der Waals surface area contributed by atoms with Crippen LogP contribution in [0.2, 0.25) is 0 Å². The highest BCUT2D eigenvalue weighted by Gasteiger charge is 2.32. The van der Waals surface area contributed by atoms with E-state index in [9.17, 15) is 8.42 Å². The zero-order valence-electron chi connectivity index (χ0n) is 13.3. The van der Waals surface area contributed by atoms with Crippen molar-refractivity contribution >= 4 is 10.0 Å². The SMILES string of the molecule is CNCC1CCCN(S(=O)(=O)c2cc(OC)ccc2OC)C1. The first-order valence-electron chi connectivity index (χ1n) is 7.39. The van der Waals surface area contributed by atoms with Crippen molar-refractivity contribution in [3.8, 4) is 11.5 Å². The molecule has 0 bridgehead atoms. The standard InChI is InChI=1S/C15H24N2O4S/c1-16-10-12-5-4-8-17(11-12)22(18,19)15-9-13(20-2)6-7-14(15)21-3/h6-7,9,12,16H,4-5,8,10-11H2,1-3H3. The topological polar surface area (TPSA) is 67.9 Å². The third kappa shape index (κ3) is 3.53. The number of piperidine rings is 1. The average Bonchev–Trinajstić information content (AvgIpc) is 2.54. The number of rotatable bonds is 6. The summed E-state index contributed by atoms with van der Waals surface area (Å²) in [5, 5.41) is 3.12. The molecule has 22 heavy (non-hydrogen) atoms. The van der Waals surface area contributed by atoms with E-state index in [0.717, 1.165) is 19.4 Å². The van der Waals surface area contributed by atoms with E-state index < -0.39 is 10.0 Å². The van der Waals surface area contributed by atoms with Gasteiger partial charge in [0.15, 0.2) is 0 Å². The summed E-state index contributed by atoms with van der Waals surface area (Å²) < 4.78 is 37.8. The van der Waals surface area contributed by atoms with Gasteiger partial charge in [-0.2, -0.15) is 4.31 Å². The van der Waals surface area contributed by atoms with Gasteiger partial charge >= 0.3 is 0 Å². The summed E-state index contributed by atoms with van der Waals surface area (Å²) in [5.74, 6) is 1.19.